The summed E-state index contributed by atoms with van der Waals surface area (Å²) in [6, 6.07) is 5.18. The Labute approximate surface area is 101 Å². The van der Waals surface area contributed by atoms with E-state index in [1.165, 1.54) is 0 Å². The molecule has 5 heteroatoms. The zero-order chi connectivity index (χ0) is 12.2. The first-order valence-electron chi connectivity index (χ1n) is 5.19. The first-order valence-corrected chi connectivity index (χ1v) is 7.11. The van der Waals surface area contributed by atoms with Gasteiger partial charge in [0.2, 0.25) is 0 Å². The molecular weight excluding hydrogens is 247 g/mol. The summed E-state index contributed by atoms with van der Waals surface area (Å²) in [5, 5.41) is 1.07. The Kier molecular flexibility index (Phi) is 5.00. The number of rotatable bonds is 5. The fraction of sp³-hybridized carbons (Fsp3) is 0.455. The maximum Gasteiger partial charge on any atom is 0.361 e. The molecule has 0 fully saturated rings. The molecule has 0 amide bonds. The molecule has 0 saturated carbocycles. The van der Waals surface area contributed by atoms with E-state index in [4.69, 9.17) is 20.6 Å². The Bertz CT molecular complexity index is 396. The summed E-state index contributed by atoms with van der Waals surface area (Å²) in [5.74, 6) is 0. The molecule has 0 unspecified atom stereocenters. The predicted molar refractivity (Wildman–Crippen MR) is 66.7 cm³/mol. The molecule has 0 aliphatic heterocycles. The lowest BCUT2D eigenvalue weighted by Crippen LogP contribution is -2.10. The second-order valence-corrected chi connectivity index (χ2v) is 5.70. The van der Waals surface area contributed by atoms with Gasteiger partial charge in [-0.3, -0.25) is 4.57 Å². The molecule has 0 heterocycles. The highest BCUT2D eigenvalue weighted by molar-refractivity contribution is 7.62. The van der Waals surface area contributed by atoms with Gasteiger partial charge in [0.25, 0.3) is 0 Å². The van der Waals surface area contributed by atoms with E-state index >= 15 is 0 Å². The van der Waals surface area contributed by atoms with Gasteiger partial charge in [0, 0.05) is 5.02 Å². The molecule has 0 aromatic heterocycles. The van der Waals surface area contributed by atoms with Gasteiger partial charge in [-0.15, -0.1) is 0 Å². The minimum atomic E-state index is -3.20. The van der Waals surface area contributed by atoms with Gasteiger partial charge in [0.1, 0.15) is 0 Å². The Morgan fingerprint density at radius 1 is 1.25 bits per heavy atom. The van der Waals surface area contributed by atoms with E-state index in [-0.39, 0.29) is 0 Å². The molecule has 0 atom stereocenters. The first-order chi connectivity index (χ1) is 7.53. The van der Waals surface area contributed by atoms with Crippen molar-refractivity contribution >= 4 is 24.5 Å². The van der Waals surface area contributed by atoms with Gasteiger partial charge in [-0.25, -0.2) is 0 Å². The molecule has 0 spiro atoms. The monoisotopic (exact) mass is 262 g/mol. The maximum absolute atomic E-state index is 12.4. The van der Waals surface area contributed by atoms with Crippen molar-refractivity contribution in [3.8, 4) is 0 Å². The smallest absolute Gasteiger partial charge is 0.305 e. The lowest BCUT2D eigenvalue weighted by atomic mass is 10.2. The second-order valence-electron chi connectivity index (χ2n) is 3.27. The van der Waals surface area contributed by atoms with Crippen LogP contribution in [0.1, 0.15) is 19.4 Å². The third kappa shape index (κ3) is 3.08. The lowest BCUT2D eigenvalue weighted by Gasteiger charge is -2.17. The van der Waals surface area contributed by atoms with E-state index in [0.717, 1.165) is 5.56 Å². The van der Waals surface area contributed by atoms with E-state index in [2.05, 4.69) is 0 Å². The van der Waals surface area contributed by atoms with Crippen molar-refractivity contribution < 1.29 is 13.6 Å². The van der Waals surface area contributed by atoms with Crippen LogP contribution in [0.5, 0.6) is 0 Å². The molecule has 3 nitrogen and oxygen atoms in total. The molecule has 1 aromatic carbocycles. The van der Waals surface area contributed by atoms with E-state index < -0.39 is 7.60 Å². The van der Waals surface area contributed by atoms with Crippen LogP contribution in [0.2, 0.25) is 5.02 Å². The topological polar surface area (TPSA) is 35.5 Å². The van der Waals surface area contributed by atoms with Gasteiger partial charge in [-0.2, -0.15) is 0 Å². The van der Waals surface area contributed by atoms with Gasteiger partial charge in [0.05, 0.1) is 18.5 Å². The standard InChI is InChI=1S/C11H16ClO3P/c1-4-14-16(13,15-5-2)10-7-6-9(3)11(12)8-10/h6-8H,4-5H2,1-3H3. The van der Waals surface area contributed by atoms with Crippen LogP contribution in [-0.4, -0.2) is 13.2 Å². The SMILES string of the molecule is CCOP(=O)(OCC)c1ccc(C)c(Cl)c1. The van der Waals surface area contributed by atoms with Crippen molar-refractivity contribution in [1.29, 1.82) is 0 Å². The zero-order valence-corrected chi connectivity index (χ0v) is 11.3. The lowest BCUT2D eigenvalue weighted by molar-refractivity contribution is 0.230. The van der Waals surface area contributed by atoms with Gasteiger partial charge < -0.3 is 9.05 Å². The number of benzene rings is 1. The molecule has 90 valence electrons. The van der Waals surface area contributed by atoms with E-state index in [1.54, 1.807) is 26.0 Å². The van der Waals surface area contributed by atoms with E-state index in [9.17, 15) is 4.57 Å². The van der Waals surface area contributed by atoms with Crippen LogP contribution in [0.4, 0.5) is 0 Å². The van der Waals surface area contributed by atoms with Gasteiger partial charge in [-0.05, 0) is 38.5 Å². The molecule has 1 aromatic rings. The number of halogens is 1. The van der Waals surface area contributed by atoms with E-state index in [1.807, 2.05) is 13.0 Å². The van der Waals surface area contributed by atoms with Crippen molar-refractivity contribution in [3.05, 3.63) is 28.8 Å². The Morgan fingerprint density at radius 2 is 1.81 bits per heavy atom. The molecule has 0 aliphatic carbocycles. The minimum absolute atomic E-state index is 0.336. The highest BCUT2D eigenvalue weighted by Gasteiger charge is 2.26. The van der Waals surface area contributed by atoms with Crippen LogP contribution in [0.3, 0.4) is 0 Å². The summed E-state index contributed by atoms with van der Waals surface area (Å²) in [4.78, 5) is 0. The fourth-order valence-electron chi connectivity index (χ4n) is 1.28. The summed E-state index contributed by atoms with van der Waals surface area (Å²) in [6.07, 6.45) is 0. The summed E-state index contributed by atoms with van der Waals surface area (Å²) in [7, 11) is -3.20. The molecule has 16 heavy (non-hydrogen) atoms. The van der Waals surface area contributed by atoms with Crippen molar-refractivity contribution in [2.24, 2.45) is 0 Å². The Morgan fingerprint density at radius 3 is 2.25 bits per heavy atom. The number of hydrogen-bond acceptors (Lipinski definition) is 3. The Balaban J connectivity index is 3.11. The average Bonchev–Trinajstić information content (AvgIpc) is 2.22. The highest BCUT2D eigenvalue weighted by atomic mass is 35.5. The van der Waals surface area contributed by atoms with Gasteiger partial charge in [-0.1, -0.05) is 17.7 Å². The molecule has 1 rings (SSSR count). The largest absolute Gasteiger partial charge is 0.361 e. The van der Waals surface area contributed by atoms with Crippen molar-refractivity contribution in [3.63, 3.8) is 0 Å². The van der Waals surface area contributed by atoms with Crippen LogP contribution in [-0.2, 0) is 13.6 Å². The molecule has 0 N–H and O–H groups in total. The predicted octanol–water partition coefficient (Wildman–Crippen LogP) is 3.54. The molecule has 0 radical (unpaired) electrons. The first kappa shape index (κ1) is 13.7. The second kappa shape index (κ2) is 5.83. The average molecular weight is 263 g/mol. The van der Waals surface area contributed by atoms with Crippen LogP contribution < -0.4 is 5.30 Å². The number of hydrogen-bond donors (Lipinski definition) is 0. The summed E-state index contributed by atoms with van der Waals surface area (Å²) < 4.78 is 22.8. The third-order valence-corrected chi connectivity index (χ3v) is 4.58. The van der Waals surface area contributed by atoms with Crippen LogP contribution in [0.15, 0.2) is 18.2 Å². The summed E-state index contributed by atoms with van der Waals surface area (Å²) >= 11 is 5.99. The van der Waals surface area contributed by atoms with Crippen LogP contribution in [0, 0.1) is 6.92 Å². The zero-order valence-electron chi connectivity index (χ0n) is 9.70. The van der Waals surface area contributed by atoms with Crippen molar-refractivity contribution in [2.45, 2.75) is 20.8 Å². The molecule has 0 bridgehead atoms. The van der Waals surface area contributed by atoms with Crippen molar-refractivity contribution in [1.82, 2.24) is 0 Å². The van der Waals surface area contributed by atoms with E-state index in [0.29, 0.717) is 23.5 Å². The normalized spacial score (nSPS) is 11.8. The Hall–Kier alpha value is -0.340. The van der Waals surface area contributed by atoms with Crippen molar-refractivity contribution in [2.75, 3.05) is 13.2 Å². The highest BCUT2D eigenvalue weighted by Crippen LogP contribution is 2.47. The molecular formula is C11H16ClO3P. The quantitative estimate of drug-likeness (QED) is 0.762. The van der Waals surface area contributed by atoms with Crippen LogP contribution >= 0.6 is 19.2 Å². The summed E-state index contributed by atoms with van der Waals surface area (Å²) in [6.45, 7) is 6.12. The van der Waals surface area contributed by atoms with Gasteiger partial charge in [0.15, 0.2) is 0 Å². The third-order valence-electron chi connectivity index (χ3n) is 2.07. The maximum atomic E-state index is 12.4. The summed E-state index contributed by atoms with van der Waals surface area (Å²) in [5.41, 5.74) is 0.935. The molecule has 0 saturated heterocycles. The molecule has 0 aliphatic rings. The van der Waals surface area contributed by atoms with Crippen LogP contribution in [0.25, 0.3) is 0 Å². The fourth-order valence-corrected chi connectivity index (χ4v) is 3.13. The van der Waals surface area contributed by atoms with Gasteiger partial charge >= 0.3 is 7.60 Å². The number of aryl methyl sites for hydroxylation is 1. The minimum Gasteiger partial charge on any atom is -0.305 e.